The molecule has 42 valence electrons. The third-order valence-electron chi connectivity index (χ3n) is 1.31. The predicted molar refractivity (Wildman–Crippen MR) is 27.8 cm³/mol. The van der Waals surface area contributed by atoms with Crippen LogP contribution < -0.4 is 5.48 Å². The van der Waals surface area contributed by atoms with Crippen molar-refractivity contribution in [2.75, 3.05) is 6.61 Å². The average molecular weight is 101 g/mol. The van der Waals surface area contributed by atoms with Crippen molar-refractivity contribution in [1.29, 1.82) is 0 Å². The van der Waals surface area contributed by atoms with Crippen LogP contribution in [0.5, 0.6) is 0 Å². The molecule has 2 heteroatoms. The molecule has 0 radical (unpaired) electrons. The summed E-state index contributed by atoms with van der Waals surface area (Å²) in [6.45, 7) is 3.05. The molecule has 7 heavy (non-hydrogen) atoms. The second kappa shape index (κ2) is 2.28. The average Bonchev–Trinajstić information content (AvgIpc) is 2.14. The maximum Gasteiger partial charge on any atom is 0.0698 e. The van der Waals surface area contributed by atoms with Crippen LogP contribution in [0.1, 0.15) is 19.8 Å². The van der Waals surface area contributed by atoms with Gasteiger partial charge in [0, 0.05) is 6.04 Å². The van der Waals surface area contributed by atoms with E-state index in [0.29, 0.717) is 6.04 Å². The quantitative estimate of drug-likeness (QED) is 0.524. The minimum atomic E-state index is 0.625. The van der Waals surface area contributed by atoms with Gasteiger partial charge >= 0.3 is 0 Å². The normalized spacial score (nSPS) is 31.3. The fourth-order valence-electron chi connectivity index (χ4n) is 0.724. The summed E-state index contributed by atoms with van der Waals surface area (Å²) in [6.07, 6.45) is 2.36. The van der Waals surface area contributed by atoms with Crippen molar-refractivity contribution in [2.24, 2.45) is 0 Å². The van der Waals surface area contributed by atoms with Crippen LogP contribution in [0, 0.1) is 0 Å². The zero-order valence-corrected chi connectivity index (χ0v) is 4.61. The maximum atomic E-state index is 4.90. The summed E-state index contributed by atoms with van der Waals surface area (Å²) in [5.41, 5.74) is 2.91. The molecule has 1 saturated heterocycles. The molecule has 1 atom stereocenters. The highest BCUT2D eigenvalue weighted by molar-refractivity contribution is 4.62. The zero-order valence-electron chi connectivity index (χ0n) is 4.61. The van der Waals surface area contributed by atoms with Crippen molar-refractivity contribution >= 4 is 0 Å². The summed E-state index contributed by atoms with van der Waals surface area (Å²) >= 11 is 0. The van der Waals surface area contributed by atoms with Gasteiger partial charge in [0.25, 0.3) is 0 Å². The first kappa shape index (κ1) is 5.06. The molecule has 0 aliphatic carbocycles. The molecule has 1 unspecified atom stereocenters. The van der Waals surface area contributed by atoms with Crippen LogP contribution in [0.2, 0.25) is 0 Å². The highest BCUT2D eigenvalue weighted by atomic mass is 16.7. The second-order valence-electron chi connectivity index (χ2n) is 1.86. The van der Waals surface area contributed by atoms with Crippen LogP contribution >= 0.6 is 0 Å². The van der Waals surface area contributed by atoms with Crippen molar-refractivity contribution < 1.29 is 4.84 Å². The zero-order chi connectivity index (χ0) is 5.11. The van der Waals surface area contributed by atoms with Crippen molar-refractivity contribution in [3.63, 3.8) is 0 Å². The number of hydrogen-bond acceptors (Lipinski definition) is 2. The lowest BCUT2D eigenvalue weighted by Crippen LogP contribution is -2.18. The fourth-order valence-corrected chi connectivity index (χ4v) is 0.724. The number of nitrogens with one attached hydrogen (secondary N) is 1. The molecule has 0 amide bonds. The fraction of sp³-hybridized carbons (Fsp3) is 1.00. The van der Waals surface area contributed by atoms with Gasteiger partial charge in [-0.3, -0.25) is 0 Å². The van der Waals surface area contributed by atoms with E-state index in [9.17, 15) is 0 Å². The standard InChI is InChI=1S/C5H11NO/c1-2-5-3-4-7-6-5/h5-6H,2-4H2,1H3. The Balaban J connectivity index is 2.14. The van der Waals surface area contributed by atoms with E-state index in [4.69, 9.17) is 4.84 Å². The molecule has 1 rings (SSSR count). The van der Waals surface area contributed by atoms with Gasteiger partial charge in [0.05, 0.1) is 6.61 Å². The molecule has 0 saturated carbocycles. The van der Waals surface area contributed by atoms with E-state index in [2.05, 4.69) is 12.4 Å². The monoisotopic (exact) mass is 101 g/mol. The van der Waals surface area contributed by atoms with Gasteiger partial charge in [-0.1, -0.05) is 6.92 Å². The Bertz CT molecular complexity index is 50.0. The Morgan fingerprint density at radius 1 is 1.86 bits per heavy atom. The molecule has 1 N–H and O–H groups in total. The third kappa shape index (κ3) is 1.14. The van der Waals surface area contributed by atoms with Gasteiger partial charge in [0.2, 0.25) is 0 Å². The van der Waals surface area contributed by atoms with Crippen LogP contribution in [0.4, 0.5) is 0 Å². The van der Waals surface area contributed by atoms with E-state index in [-0.39, 0.29) is 0 Å². The van der Waals surface area contributed by atoms with Crippen LogP contribution in [0.25, 0.3) is 0 Å². The predicted octanol–water partition coefficient (Wildman–Crippen LogP) is 0.690. The van der Waals surface area contributed by atoms with Gasteiger partial charge < -0.3 is 4.84 Å². The first-order valence-corrected chi connectivity index (χ1v) is 2.81. The summed E-state index contributed by atoms with van der Waals surface area (Å²) in [5.74, 6) is 0. The molecule has 2 nitrogen and oxygen atoms in total. The summed E-state index contributed by atoms with van der Waals surface area (Å²) in [7, 11) is 0. The smallest absolute Gasteiger partial charge is 0.0698 e. The lowest BCUT2D eigenvalue weighted by molar-refractivity contribution is 0.0877. The van der Waals surface area contributed by atoms with Gasteiger partial charge in [-0.05, 0) is 12.8 Å². The minimum absolute atomic E-state index is 0.625. The molecular weight excluding hydrogens is 90.1 g/mol. The number of hydrogen-bond donors (Lipinski definition) is 1. The van der Waals surface area contributed by atoms with E-state index in [1.54, 1.807) is 0 Å². The Morgan fingerprint density at radius 2 is 2.71 bits per heavy atom. The first-order chi connectivity index (χ1) is 3.43. The van der Waals surface area contributed by atoms with Crippen molar-refractivity contribution in [2.45, 2.75) is 25.8 Å². The molecule has 0 aromatic rings. The van der Waals surface area contributed by atoms with E-state index < -0.39 is 0 Å². The van der Waals surface area contributed by atoms with Crippen LogP contribution in [0.15, 0.2) is 0 Å². The van der Waals surface area contributed by atoms with Gasteiger partial charge in [-0.25, -0.2) is 0 Å². The van der Waals surface area contributed by atoms with Crippen molar-refractivity contribution in [1.82, 2.24) is 5.48 Å². The molecular formula is C5H11NO. The van der Waals surface area contributed by atoms with Crippen LogP contribution in [-0.4, -0.2) is 12.6 Å². The van der Waals surface area contributed by atoms with Gasteiger partial charge in [0.1, 0.15) is 0 Å². The minimum Gasteiger partial charge on any atom is -0.301 e. The van der Waals surface area contributed by atoms with Gasteiger partial charge in [0.15, 0.2) is 0 Å². The molecule has 0 aromatic carbocycles. The van der Waals surface area contributed by atoms with Crippen LogP contribution in [-0.2, 0) is 4.84 Å². The van der Waals surface area contributed by atoms with Crippen LogP contribution in [0.3, 0.4) is 0 Å². The summed E-state index contributed by atoms with van der Waals surface area (Å²) in [4.78, 5) is 4.90. The molecule has 0 aromatic heterocycles. The molecule has 0 spiro atoms. The molecule has 0 bridgehead atoms. The van der Waals surface area contributed by atoms with Gasteiger partial charge in [-0.15, -0.1) is 0 Å². The summed E-state index contributed by atoms with van der Waals surface area (Å²) in [5, 5.41) is 0. The number of hydroxylamine groups is 1. The SMILES string of the molecule is CCC1CCON1. The summed E-state index contributed by atoms with van der Waals surface area (Å²) < 4.78 is 0. The topological polar surface area (TPSA) is 21.3 Å². The van der Waals surface area contributed by atoms with E-state index in [1.807, 2.05) is 0 Å². The highest BCUT2D eigenvalue weighted by Crippen LogP contribution is 2.02. The molecule has 1 aliphatic rings. The Kier molecular flexibility index (Phi) is 1.65. The lowest BCUT2D eigenvalue weighted by atomic mass is 10.2. The molecule has 1 fully saturated rings. The van der Waals surface area contributed by atoms with E-state index in [1.165, 1.54) is 12.8 Å². The second-order valence-corrected chi connectivity index (χ2v) is 1.86. The maximum absolute atomic E-state index is 4.90. The highest BCUT2D eigenvalue weighted by Gasteiger charge is 2.10. The Morgan fingerprint density at radius 3 is 3.00 bits per heavy atom. The first-order valence-electron chi connectivity index (χ1n) is 2.81. The Labute approximate surface area is 43.8 Å². The molecule has 1 heterocycles. The van der Waals surface area contributed by atoms with Crippen molar-refractivity contribution in [3.05, 3.63) is 0 Å². The van der Waals surface area contributed by atoms with E-state index >= 15 is 0 Å². The Hall–Kier alpha value is -0.0800. The summed E-state index contributed by atoms with van der Waals surface area (Å²) in [6, 6.07) is 0.625. The third-order valence-corrected chi connectivity index (χ3v) is 1.31. The van der Waals surface area contributed by atoms with E-state index in [0.717, 1.165) is 6.61 Å². The van der Waals surface area contributed by atoms with Gasteiger partial charge in [-0.2, -0.15) is 5.48 Å². The lowest BCUT2D eigenvalue weighted by Gasteiger charge is -1.99. The largest absolute Gasteiger partial charge is 0.301 e. The molecule has 1 aliphatic heterocycles. The number of rotatable bonds is 1. The van der Waals surface area contributed by atoms with Crippen molar-refractivity contribution in [3.8, 4) is 0 Å².